The largest absolute Gasteiger partial charge is 0.409 e. The zero-order valence-electron chi connectivity index (χ0n) is 13.9. The van der Waals surface area contributed by atoms with Crippen LogP contribution in [0.5, 0.6) is 0 Å². The van der Waals surface area contributed by atoms with Crippen LogP contribution in [0.15, 0.2) is 46.9 Å². The fourth-order valence-electron chi connectivity index (χ4n) is 2.63. The Morgan fingerprint density at radius 1 is 1.12 bits per heavy atom. The van der Waals surface area contributed by atoms with Gasteiger partial charge in [0.2, 0.25) is 5.89 Å². The van der Waals surface area contributed by atoms with E-state index in [9.17, 15) is 4.79 Å². The molecule has 1 aromatic heterocycles. The van der Waals surface area contributed by atoms with Gasteiger partial charge in [-0.2, -0.15) is 0 Å². The van der Waals surface area contributed by atoms with Crippen molar-refractivity contribution in [1.82, 2.24) is 9.78 Å². The average Bonchev–Trinajstić information content (AvgIpc) is 2.95. The molecule has 0 atom stereocenters. The molecule has 0 fully saturated rings. The highest BCUT2D eigenvalue weighted by molar-refractivity contribution is 7.71. The van der Waals surface area contributed by atoms with Gasteiger partial charge in [0, 0.05) is 11.1 Å². The Labute approximate surface area is 145 Å². The van der Waals surface area contributed by atoms with Gasteiger partial charge >= 0.3 is 0 Å². The highest BCUT2D eigenvalue weighted by Crippen LogP contribution is 2.21. The molecular formula is C19H18N2O2S. The molecule has 0 aliphatic rings. The molecule has 122 valence electrons. The van der Waals surface area contributed by atoms with Crippen LogP contribution < -0.4 is 0 Å². The third kappa shape index (κ3) is 3.21. The summed E-state index contributed by atoms with van der Waals surface area (Å²) >= 11 is 5.18. The number of aryl methyl sites for hydroxylation is 3. The van der Waals surface area contributed by atoms with E-state index in [1.807, 2.05) is 38.1 Å². The second kappa shape index (κ2) is 6.53. The maximum atomic E-state index is 12.6. The van der Waals surface area contributed by atoms with Crippen molar-refractivity contribution in [2.24, 2.45) is 0 Å². The summed E-state index contributed by atoms with van der Waals surface area (Å²) in [7, 11) is 0. The highest BCUT2D eigenvalue weighted by Gasteiger charge is 2.16. The lowest BCUT2D eigenvalue weighted by Gasteiger charge is -2.01. The van der Waals surface area contributed by atoms with Crippen LogP contribution in [0.3, 0.4) is 0 Å². The molecule has 24 heavy (non-hydrogen) atoms. The van der Waals surface area contributed by atoms with Gasteiger partial charge in [-0.25, -0.2) is 0 Å². The Morgan fingerprint density at radius 3 is 2.33 bits per heavy atom. The molecule has 0 radical (unpaired) electrons. The Kier molecular flexibility index (Phi) is 4.44. The van der Waals surface area contributed by atoms with Crippen molar-refractivity contribution in [3.63, 3.8) is 0 Å². The second-order valence-corrected chi connectivity index (χ2v) is 6.17. The van der Waals surface area contributed by atoms with E-state index in [1.165, 1.54) is 5.56 Å². The topological polar surface area (TPSA) is 48.0 Å². The summed E-state index contributed by atoms with van der Waals surface area (Å²) in [4.78, 5) is 12.7. The predicted octanol–water partition coefficient (Wildman–Crippen LogP) is 4.74. The molecule has 3 aromatic rings. The molecule has 0 unspecified atom stereocenters. The number of rotatable bonds is 3. The fraction of sp³-hybridized carbons (Fsp3) is 0.211. The van der Waals surface area contributed by atoms with Crippen molar-refractivity contribution in [1.29, 1.82) is 0 Å². The van der Waals surface area contributed by atoms with E-state index in [4.69, 9.17) is 16.6 Å². The second-order valence-electron chi connectivity index (χ2n) is 5.82. The van der Waals surface area contributed by atoms with Gasteiger partial charge in [0.25, 0.3) is 10.7 Å². The Hall–Kier alpha value is -2.53. The van der Waals surface area contributed by atoms with Crippen molar-refractivity contribution >= 4 is 18.1 Å². The predicted molar refractivity (Wildman–Crippen MR) is 95.8 cm³/mol. The standard InChI is InChI=1S/C19H18N2O2S/c1-4-14-5-7-15(8-6-14)18(22)21-19(24)23-17(20-21)16-10-12(2)9-13(3)11-16/h5-11H,4H2,1-3H3. The van der Waals surface area contributed by atoms with E-state index in [1.54, 1.807) is 12.1 Å². The van der Waals surface area contributed by atoms with Crippen LogP contribution in [0.1, 0.15) is 34.0 Å². The highest BCUT2D eigenvalue weighted by atomic mass is 32.1. The molecule has 5 heteroatoms. The summed E-state index contributed by atoms with van der Waals surface area (Å²) in [5, 5.41) is 4.28. The summed E-state index contributed by atoms with van der Waals surface area (Å²) in [6, 6.07) is 13.4. The van der Waals surface area contributed by atoms with Gasteiger partial charge in [-0.3, -0.25) is 4.79 Å². The summed E-state index contributed by atoms with van der Waals surface area (Å²) < 4.78 is 6.69. The van der Waals surface area contributed by atoms with Gasteiger partial charge in [-0.15, -0.1) is 9.78 Å². The molecule has 0 saturated carbocycles. The molecule has 0 aliphatic carbocycles. The monoisotopic (exact) mass is 338 g/mol. The number of benzene rings is 2. The SMILES string of the molecule is CCc1ccc(C(=O)n2nc(-c3cc(C)cc(C)c3)oc2=S)cc1. The number of aromatic nitrogens is 2. The first-order valence-corrected chi connectivity index (χ1v) is 8.21. The van der Waals surface area contributed by atoms with E-state index in [2.05, 4.69) is 18.1 Å². The van der Waals surface area contributed by atoms with E-state index >= 15 is 0 Å². The first kappa shape index (κ1) is 16.3. The molecule has 0 aliphatic heterocycles. The molecule has 1 heterocycles. The smallest absolute Gasteiger partial charge is 0.295 e. The van der Waals surface area contributed by atoms with Crippen LogP contribution in [-0.4, -0.2) is 15.7 Å². The van der Waals surface area contributed by atoms with Crippen molar-refractivity contribution < 1.29 is 9.21 Å². The molecule has 2 aromatic carbocycles. The number of nitrogens with zero attached hydrogens (tertiary/aromatic N) is 2. The molecule has 0 spiro atoms. The first-order valence-electron chi connectivity index (χ1n) is 7.80. The molecule has 0 N–H and O–H groups in total. The third-order valence-electron chi connectivity index (χ3n) is 3.82. The lowest BCUT2D eigenvalue weighted by Crippen LogP contribution is -2.13. The number of hydrogen-bond donors (Lipinski definition) is 0. The minimum absolute atomic E-state index is 0.0497. The number of hydrogen-bond acceptors (Lipinski definition) is 4. The molecular weight excluding hydrogens is 320 g/mol. The van der Waals surface area contributed by atoms with Gasteiger partial charge < -0.3 is 4.42 Å². The molecule has 0 saturated heterocycles. The van der Waals surface area contributed by atoms with Crippen LogP contribution in [0, 0.1) is 18.7 Å². The van der Waals surface area contributed by atoms with Gasteiger partial charge in [0.15, 0.2) is 0 Å². The first-order chi connectivity index (χ1) is 11.5. The minimum atomic E-state index is -0.290. The van der Waals surface area contributed by atoms with Crippen molar-refractivity contribution in [3.05, 3.63) is 69.6 Å². The van der Waals surface area contributed by atoms with E-state index in [0.29, 0.717) is 11.5 Å². The van der Waals surface area contributed by atoms with Crippen molar-refractivity contribution in [3.8, 4) is 11.5 Å². The van der Waals surface area contributed by atoms with Crippen LogP contribution in [0.25, 0.3) is 11.5 Å². The van der Waals surface area contributed by atoms with Gasteiger partial charge in [-0.1, -0.05) is 36.2 Å². The zero-order chi connectivity index (χ0) is 17.3. The van der Waals surface area contributed by atoms with Gasteiger partial charge in [0.05, 0.1) is 0 Å². The third-order valence-corrected chi connectivity index (χ3v) is 4.07. The van der Waals surface area contributed by atoms with E-state index < -0.39 is 0 Å². The normalized spacial score (nSPS) is 10.8. The van der Waals surface area contributed by atoms with Crippen molar-refractivity contribution in [2.75, 3.05) is 0 Å². The lowest BCUT2D eigenvalue weighted by molar-refractivity contribution is 0.0940. The molecule has 4 nitrogen and oxygen atoms in total. The van der Waals surface area contributed by atoms with Crippen LogP contribution in [0.4, 0.5) is 0 Å². The maximum absolute atomic E-state index is 12.6. The van der Waals surface area contributed by atoms with Crippen LogP contribution >= 0.6 is 12.2 Å². The molecule has 3 rings (SSSR count). The van der Waals surface area contributed by atoms with Gasteiger partial charge in [0.1, 0.15) is 0 Å². The molecule has 0 bridgehead atoms. The Balaban J connectivity index is 1.99. The van der Waals surface area contributed by atoms with Crippen LogP contribution in [-0.2, 0) is 6.42 Å². The van der Waals surface area contributed by atoms with E-state index in [0.717, 1.165) is 27.8 Å². The average molecular weight is 338 g/mol. The quantitative estimate of drug-likeness (QED) is 0.647. The summed E-state index contributed by atoms with van der Waals surface area (Å²) in [5.74, 6) is 0.0624. The Morgan fingerprint density at radius 2 is 1.75 bits per heavy atom. The Bertz CT molecular complexity index is 932. The summed E-state index contributed by atoms with van der Waals surface area (Å²) in [6.45, 7) is 6.08. The summed E-state index contributed by atoms with van der Waals surface area (Å²) in [5.41, 5.74) is 4.71. The lowest BCUT2D eigenvalue weighted by atomic mass is 10.1. The van der Waals surface area contributed by atoms with Crippen LogP contribution in [0.2, 0.25) is 0 Å². The fourth-order valence-corrected chi connectivity index (χ4v) is 2.83. The molecule has 0 amide bonds. The number of carbonyl (C=O) groups is 1. The van der Waals surface area contributed by atoms with Crippen molar-refractivity contribution in [2.45, 2.75) is 27.2 Å². The maximum Gasteiger partial charge on any atom is 0.295 e. The van der Waals surface area contributed by atoms with E-state index in [-0.39, 0.29) is 10.7 Å². The van der Waals surface area contributed by atoms with Gasteiger partial charge in [-0.05, 0) is 62.3 Å². The minimum Gasteiger partial charge on any atom is -0.409 e. The summed E-state index contributed by atoms with van der Waals surface area (Å²) in [6.07, 6.45) is 0.925. The zero-order valence-corrected chi connectivity index (χ0v) is 14.7. The number of carbonyl (C=O) groups excluding carboxylic acids is 1.